The van der Waals surface area contributed by atoms with Gasteiger partial charge in [0, 0.05) is 19.1 Å². The maximum atomic E-state index is 11.6. The standard InChI is InChI=1S/C12H19NO3/c14-6-10-9-4-2-1-3-8(9)5-13-11(10)7-16-12(13)15/h8-11,14H,1-7H2. The Morgan fingerprint density at radius 3 is 3.00 bits per heavy atom. The molecule has 0 bridgehead atoms. The van der Waals surface area contributed by atoms with Gasteiger partial charge in [0.05, 0.1) is 6.04 Å². The average Bonchev–Trinajstić information content (AvgIpc) is 2.68. The number of piperidine rings is 1. The molecule has 16 heavy (non-hydrogen) atoms. The SMILES string of the molecule is O=C1OCC2C(CO)C3CCCCC3CN12. The predicted molar refractivity (Wildman–Crippen MR) is 57.9 cm³/mol. The summed E-state index contributed by atoms with van der Waals surface area (Å²) in [7, 11) is 0. The molecule has 2 heterocycles. The highest BCUT2D eigenvalue weighted by Gasteiger charge is 2.49. The molecular formula is C12H19NO3. The summed E-state index contributed by atoms with van der Waals surface area (Å²) in [4.78, 5) is 13.4. The fourth-order valence-corrected chi connectivity index (χ4v) is 3.85. The number of rotatable bonds is 1. The molecule has 0 aromatic heterocycles. The summed E-state index contributed by atoms with van der Waals surface area (Å²) in [5.74, 6) is 1.44. The topological polar surface area (TPSA) is 49.8 Å². The van der Waals surface area contributed by atoms with Crippen LogP contribution in [0.15, 0.2) is 0 Å². The van der Waals surface area contributed by atoms with E-state index in [0.717, 1.165) is 6.54 Å². The van der Waals surface area contributed by atoms with Crippen LogP contribution in [-0.4, -0.2) is 41.9 Å². The Hall–Kier alpha value is -0.770. The second-order valence-corrected chi connectivity index (χ2v) is 5.35. The van der Waals surface area contributed by atoms with Crippen LogP contribution in [0.4, 0.5) is 4.79 Å². The minimum Gasteiger partial charge on any atom is -0.447 e. The molecule has 3 aliphatic rings. The Labute approximate surface area is 95.6 Å². The maximum Gasteiger partial charge on any atom is 0.410 e. The van der Waals surface area contributed by atoms with Gasteiger partial charge in [0.2, 0.25) is 0 Å². The van der Waals surface area contributed by atoms with Crippen LogP contribution in [-0.2, 0) is 4.74 Å². The summed E-state index contributed by atoms with van der Waals surface area (Å²) < 4.78 is 5.11. The number of hydrogen-bond acceptors (Lipinski definition) is 3. The molecular weight excluding hydrogens is 206 g/mol. The zero-order valence-corrected chi connectivity index (χ0v) is 9.47. The molecule has 4 atom stereocenters. The van der Waals surface area contributed by atoms with Gasteiger partial charge in [-0.15, -0.1) is 0 Å². The normalized spacial score (nSPS) is 42.6. The Morgan fingerprint density at radius 2 is 2.19 bits per heavy atom. The van der Waals surface area contributed by atoms with Crippen LogP contribution >= 0.6 is 0 Å². The molecule has 3 rings (SSSR count). The van der Waals surface area contributed by atoms with Gasteiger partial charge >= 0.3 is 6.09 Å². The van der Waals surface area contributed by atoms with Crippen molar-refractivity contribution in [3.63, 3.8) is 0 Å². The van der Waals surface area contributed by atoms with Crippen molar-refractivity contribution in [3.8, 4) is 0 Å². The molecule has 2 aliphatic heterocycles. The monoisotopic (exact) mass is 225 g/mol. The lowest BCUT2D eigenvalue weighted by Gasteiger charge is -2.46. The van der Waals surface area contributed by atoms with Crippen molar-refractivity contribution in [2.24, 2.45) is 17.8 Å². The van der Waals surface area contributed by atoms with Gasteiger partial charge in [-0.1, -0.05) is 12.8 Å². The number of hydrogen-bond donors (Lipinski definition) is 1. The number of carbonyl (C=O) groups is 1. The van der Waals surface area contributed by atoms with E-state index >= 15 is 0 Å². The summed E-state index contributed by atoms with van der Waals surface area (Å²) in [6.45, 7) is 1.52. The number of amides is 1. The third-order valence-electron chi connectivity index (χ3n) is 4.67. The summed E-state index contributed by atoms with van der Waals surface area (Å²) in [5, 5.41) is 9.57. The molecule has 4 unspecified atom stereocenters. The van der Waals surface area contributed by atoms with E-state index in [-0.39, 0.29) is 24.7 Å². The number of aliphatic hydroxyl groups is 1. The van der Waals surface area contributed by atoms with Crippen molar-refractivity contribution < 1.29 is 14.6 Å². The van der Waals surface area contributed by atoms with Crippen LogP contribution in [0.3, 0.4) is 0 Å². The van der Waals surface area contributed by atoms with Crippen molar-refractivity contribution in [2.75, 3.05) is 19.8 Å². The maximum absolute atomic E-state index is 11.6. The second-order valence-electron chi connectivity index (χ2n) is 5.35. The van der Waals surface area contributed by atoms with Gasteiger partial charge in [-0.05, 0) is 24.7 Å². The van der Waals surface area contributed by atoms with Crippen LogP contribution in [0.5, 0.6) is 0 Å². The lowest BCUT2D eigenvalue weighted by molar-refractivity contribution is -0.00383. The lowest BCUT2D eigenvalue weighted by Crippen LogP contribution is -2.54. The third kappa shape index (κ3) is 1.43. The van der Waals surface area contributed by atoms with E-state index in [0.29, 0.717) is 18.4 Å². The van der Waals surface area contributed by atoms with Crippen LogP contribution in [0.25, 0.3) is 0 Å². The van der Waals surface area contributed by atoms with Crippen molar-refractivity contribution in [3.05, 3.63) is 0 Å². The number of carbonyl (C=O) groups excluding carboxylic acids is 1. The van der Waals surface area contributed by atoms with Crippen molar-refractivity contribution in [2.45, 2.75) is 31.7 Å². The molecule has 1 aliphatic carbocycles. The van der Waals surface area contributed by atoms with Gasteiger partial charge in [0.1, 0.15) is 6.61 Å². The van der Waals surface area contributed by atoms with Gasteiger partial charge in [-0.2, -0.15) is 0 Å². The number of ether oxygens (including phenoxy) is 1. The predicted octanol–water partition coefficient (Wildman–Crippen LogP) is 1.24. The summed E-state index contributed by atoms with van der Waals surface area (Å²) in [5.41, 5.74) is 0. The molecule has 0 aromatic carbocycles. The molecule has 1 N–H and O–H groups in total. The lowest BCUT2D eigenvalue weighted by atomic mass is 9.67. The number of fused-ring (bicyclic) bond motifs is 2. The number of nitrogens with zero attached hydrogens (tertiary/aromatic N) is 1. The van der Waals surface area contributed by atoms with Crippen LogP contribution in [0, 0.1) is 17.8 Å². The van der Waals surface area contributed by atoms with E-state index in [1.165, 1.54) is 25.7 Å². The first-order chi connectivity index (χ1) is 7.81. The summed E-state index contributed by atoms with van der Waals surface area (Å²) in [6, 6.07) is 0.136. The molecule has 0 spiro atoms. The van der Waals surface area contributed by atoms with Crippen LogP contribution in [0.1, 0.15) is 25.7 Å². The second kappa shape index (κ2) is 3.91. The minimum absolute atomic E-state index is 0.136. The fourth-order valence-electron chi connectivity index (χ4n) is 3.85. The highest BCUT2D eigenvalue weighted by molar-refractivity contribution is 5.70. The highest BCUT2D eigenvalue weighted by atomic mass is 16.6. The first-order valence-electron chi connectivity index (χ1n) is 6.35. The molecule has 2 saturated heterocycles. The Morgan fingerprint density at radius 1 is 1.38 bits per heavy atom. The van der Waals surface area contributed by atoms with Crippen LogP contribution in [0.2, 0.25) is 0 Å². The van der Waals surface area contributed by atoms with Gasteiger partial charge in [0.25, 0.3) is 0 Å². The van der Waals surface area contributed by atoms with E-state index in [9.17, 15) is 9.90 Å². The highest BCUT2D eigenvalue weighted by Crippen LogP contribution is 2.43. The van der Waals surface area contributed by atoms with E-state index in [4.69, 9.17) is 4.74 Å². The molecule has 0 aromatic rings. The Balaban J connectivity index is 1.84. The molecule has 3 fully saturated rings. The average molecular weight is 225 g/mol. The smallest absolute Gasteiger partial charge is 0.410 e. The number of aliphatic hydroxyl groups excluding tert-OH is 1. The van der Waals surface area contributed by atoms with Crippen molar-refractivity contribution in [1.82, 2.24) is 4.90 Å². The Bertz CT molecular complexity index is 294. The Kier molecular flexibility index (Phi) is 2.54. The molecule has 4 nitrogen and oxygen atoms in total. The first-order valence-corrected chi connectivity index (χ1v) is 6.35. The van der Waals surface area contributed by atoms with Gasteiger partial charge < -0.3 is 14.7 Å². The molecule has 0 radical (unpaired) electrons. The number of cyclic esters (lactones) is 1. The van der Waals surface area contributed by atoms with E-state index < -0.39 is 0 Å². The first kappa shape index (κ1) is 10.4. The minimum atomic E-state index is -0.174. The van der Waals surface area contributed by atoms with Crippen molar-refractivity contribution >= 4 is 6.09 Å². The van der Waals surface area contributed by atoms with Gasteiger partial charge in [-0.3, -0.25) is 0 Å². The zero-order chi connectivity index (χ0) is 11.1. The van der Waals surface area contributed by atoms with Gasteiger partial charge in [0.15, 0.2) is 0 Å². The molecule has 1 saturated carbocycles. The summed E-state index contributed by atoms with van der Waals surface area (Å²) >= 11 is 0. The quantitative estimate of drug-likeness (QED) is 0.730. The zero-order valence-electron chi connectivity index (χ0n) is 9.47. The van der Waals surface area contributed by atoms with E-state index in [1.807, 2.05) is 4.90 Å². The van der Waals surface area contributed by atoms with Crippen LogP contribution < -0.4 is 0 Å². The summed E-state index contributed by atoms with van der Waals surface area (Å²) in [6.07, 6.45) is 4.80. The van der Waals surface area contributed by atoms with Crippen molar-refractivity contribution in [1.29, 1.82) is 0 Å². The largest absolute Gasteiger partial charge is 0.447 e. The van der Waals surface area contributed by atoms with E-state index in [1.54, 1.807) is 0 Å². The molecule has 1 amide bonds. The molecule has 90 valence electrons. The third-order valence-corrected chi connectivity index (χ3v) is 4.67. The van der Waals surface area contributed by atoms with Gasteiger partial charge in [-0.25, -0.2) is 4.79 Å². The molecule has 4 heteroatoms. The fraction of sp³-hybridized carbons (Fsp3) is 0.917. The van der Waals surface area contributed by atoms with E-state index in [2.05, 4.69) is 0 Å².